The Labute approximate surface area is 106 Å². The first-order valence-electron chi connectivity index (χ1n) is 6.20. The molecule has 0 saturated heterocycles. The van der Waals surface area contributed by atoms with Gasteiger partial charge in [0.25, 0.3) is 5.91 Å². The second kappa shape index (κ2) is 5.30. The molecule has 0 aliphatic heterocycles. The molecule has 0 atom stereocenters. The van der Waals surface area contributed by atoms with Crippen LogP contribution in [0.4, 0.5) is 5.82 Å². The summed E-state index contributed by atoms with van der Waals surface area (Å²) in [6, 6.07) is 4.16. The normalized spacial score (nSPS) is 23.7. The maximum absolute atomic E-state index is 10.9. The molecule has 0 bridgehead atoms. The first-order chi connectivity index (χ1) is 8.58. The van der Waals surface area contributed by atoms with Gasteiger partial charge in [0.05, 0.1) is 0 Å². The van der Waals surface area contributed by atoms with Gasteiger partial charge < -0.3 is 16.4 Å². The lowest BCUT2D eigenvalue weighted by atomic mass is 9.91. The lowest BCUT2D eigenvalue weighted by molar-refractivity contribution is 0.0994. The van der Waals surface area contributed by atoms with Crippen LogP contribution in [0.15, 0.2) is 12.1 Å². The van der Waals surface area contributed by atoms with E-state index in [9.17, 15) is 4.79 Å². The molecule has 1 aromatic heterocycles. The van der Waals surface area contributed by atoms with Gasteiger partial charge in [0.2, 0.25) is 0 Å². The van der Waals surface area contributed by atoms with Crippen molar-refractivity contribution in [1.29, 1.82) is 0 Å². The number of primary amides is 1. The van der Waals surface area contributed by atoms with E-state index in [1.54, 1.807) is 12.1 Å². The zero-order chi connectivity index (χ0) is 13.1. The molecule has 1 saturated carbocycles. The van der Waals surface area contributed by atoms with Crippen LogP contribution in [0, 0.1) is 0 Å². The molecule has 6 nitrogen and oxygen atoms in total. The van der Waals surface area contributed by atoms with Gasteiger partial charge in [0.1, 0.15) is 0 Å². The van der Waals surface area contributed by atoms with Gasteiger partial charge in [-0.2, -0.15) is 0 Å². The van der Waals surface area contributed by atoms with Crippen LogP contribution >= 0.6 is 0 Å². The minimum atomic E-state index is -0.555. The van der Waals surface area contributed by atoms with Crippen LogP contribution in [0.1, 0.15) is 36.2 Å². The van der Waals surface area contributed by atoms with E-state index in [-0.39, 0.29) is 5.69 Å². The summed E-state index contributed by atoms with van der Waals surface area (Å²) in [6.45, 7) is 0. The minimum Gasteiger partial charge on any atom is -0.364 e. The SMILES string of the molecule is CN(c1ccc(C(N)=O)nn1)C1CCC(N)CC1. The molecule has 1 amide bonds. The number of carbonyl (C=O) groups excluding carboxylic acids is 1. The van der Waals surface area contributed by atoms with Crippen molar-refractivity contribution in [2.24, 2.45) is 11.5 Å². The van der Waals surface area contributed by atoms with E-state index in [4.69, 9.17) is 11.5 Å². The van der Waals surface area contributed by atoms with Crippen LogP contribution in [-0.4, -0.2) is 35.2 Å². The van der Waals surface area contributed by atoms with Crippen LogP contribution in [0.2, 0.25) is 0 Å². The van der Waals surface area contributed by atoms with Gasteiger partial charge in [-0.05, 0) is 37.8 Å². The summed E-state index contributed by atoms with van der Waals surface area (Å²) >= 11 is 0. The number of amides is 1. The topological polar surface area (TPSA) is 98.1 Å². The van der Waals surface area contributed by atoms with Crippen molar-refractivity contribution in [2.45, 2.75) is 37.8 Å². The van der Waals surface area contributed by atoms with Crippen LogP contribution in [0.3, 0.4) is 0 Å². The van der Waals surface area contributed by atoms with Crippen LogP contribution in [0.25, 0.3) is 0 Å². The molecule has 0 spiro atoms. The summed E-state index contributed by atoms with van der Waals surface area (Å²) in [5.41, 5.74) is 11.2. The van der Waals surface area contributed by atoms with E-state index in [0.717, 1.165) is 31.5 Å². The van der Waals surface area contributed by atoms with Gasteiger partial charge in [-0.15, -0.1) is 10.2 Å². The average Bonchev–Trinajstić information content (AvgIpc) is 2.39. The van der Waals surface area contributed by atoms with Gasteiger partial charge >= 0.3 is 0 Å². The summed E-state index contributed by atoms with van der Waals surface area (Å²) in [5, 5.41) is 7.86. The van der Waals surface area contributed by atoms with E-state index < -0.39 is 5.91 Å². The van der Waals surface area contributed by atoms with E-state index in [1.165, 1.54) is 0 Å². The Balaban J connectivity index is 2.04. The van der Waals surface area contributed by atoms with Crippen molar-refractivity contribution in [3.8, 4) is 0 Å². The summed E-state index contributed by atoms with van der Waals surface area (Å²) in [6.07, 6.45) is 4.22. The highest BCUT2D eigenvalue weighted by Crippen LogP contribution is 2.24. The Morgan fingerprint density at radius 1 is 1.28 bits per heavy atom. The van der Waals surface area contributed by atoms with Gasteiger partial charge in [0, 0.05) is 19.1 Å². The fourth-order valence-electron chi connectivity index (χ4n) is 2.32. The highest BCUT2D eigenvalue weighted by molar-refractivity contribution is 5.90. The third-order valence-corrected chi connectivity index (χ3v) is 3.55. The van der Waals surface area contributed by atoms with Crippen molar-refractivity contribution in [1.82, 2.24) is 10.2 Å². The number of rotatable bonds is 3. The Kier molecular flexibility index (Phi) is 3.76. The number of hydrogen-bond donors (Lipinski definition) is 2. The lowest BCUT2D eigenvalue weighted by Gasteiger charge is -2.33. The summed E-state index contributed by atoms with van der Waals surface area (Å²) in [7, 11) is 2.00. The van der Waals surface area contributed by atoms with Crippen molar-refractivity contribution < 1.29 is 4.79 Å². The maximum atomic E-state index is 10.9. The second-order valence-corrected chi connectivity index (χ2v) is 4.82. The van der Waals surface area contributed by atoms with E-state index in [2.05, 4.69) is 15.1 Å². The first kappa shape index (κ1) is 12.8. The first-order valence-corrected chi connectivity index (χ1v) is 6.20. The predicted octanol–water partition coefficient (Wildman–Crippen LogP) is 0.282. The second-order valence-electron chi connectivity index (χ2n) is 4.82. The largest absolute Gasteiger partial charge is 0.364 e. The highest BCUT2D eigenvalue weighted by atomic mass is 16.1. The predicted molar refractivity (Wildman–Crippen MR) is 69.2 cm³/mol. The monoisotopic (exact) mass is 249 g/mol. The van der Waals surface area contributed by atoms with Crippen molar-refractivity contribution in [3.05, 3.63) is 17.8 Å². The van der Waals surface area contributed by atoms with Crippen LogP contribution < -0.4 is 16.4 Å². The summed E-state index contributed by atoms with van der Waals surface area (Å²) in [4.78, 5) is 13.0. The number of carbonyl (C=O) groups is 1. The molecule has 6 heteroatoms. The molecule has 4 N–H and O–H groups in total. The Hall–Kier alpha value is -1.69. The van der Waals surface area contributed by atoms with E-state index in [1.807, 2.05) is 7.05 Å². The molecular formula is C12H19N5O. The number of aromatic nitrogens is 2. The number of anilines is 1. The quantitative estimate of drug-likeness (QED) is 0.801. The molecule has 1 aromatic rings. The zero-order valence-corrected chi connectivity index (χ0v) is 10.5. The summed E-state index contributed by atoms with van der Waals surface area (Å²) < 4.78 is 0. The third kappa shape index (κ3) is 2.76. The van der Waals surface area contributed by atoms with Gasteiger partial charge in [-0.3, -0.25) is 4.79 Å². The third-order valence-electron chi connectivity index (χ3n) is 3.55. The standard InChI is InChI=1S/C12H19N5O/c1-17(9-4-2-8(13)3-5-9)11-7-6-10(12(14)18)15-16-11/h6-9H,2-5,13H2,1H3,(H2,14,18). The molecule has 0 unspecified atom stereocenters. The van der Waals surface area contributed by atoms with E-state index >= 15 is 0 Å². The Morgan fingerprint density at radius 2 is 1.94 bits per heavy atom. The highest BCUT2D eigenvalue weighted by Gasteiger charge is 2.23. The molecule has 98 valence electrons. The van der Waals surface area contributed by atoms with Crippen LogP contribution in [-0.2, 0) is 0 Å². The Morgan fingerprint density at radius 3 is 2.44 bits per heavy atom. The van der Waals surface area contributed by atoms with Gasteiger partial charge in [0.15, 0.2) is 11.5 Å². The molecule has 1 aliphatic carbocycles. The molecule has 1 heterocycles. The number of nitrogens with two attached hydrogens (primary N) is 2. The van der Waals surface area contributed by atoms with Crippen LogP contribution in [0.5, 0.6) is 0 Å². The van der Waals surface area contributed by atoms with Gasteiger partial charge in [-0.1, -0.05) is 0 Å². The van der Waals surface area contributed by atoms with Crippen molar-refractivity contribution in [3.63, 3.8) is 0 Å². The molecule has 2 rings (SSSR count). The average molecular weight is 249 g/mol. The van der Waals surface area contributed by atoms with E-state index in [0.29, 0.717) is 12.1 Å². The summed E-state index contributed by atoms with van der Waals surface area (Å²) in [5.74, 6) is 0.209. The minimum absolute atomic E-state index is 0.192. The fourth-order valence-corrected chi connectivity index (χ4v) is 2.32. The fraction of sp³-hybridized carbons (Fsp3) is 0.583. The van der Waals surface area contributed by atoms with Crippen molar-refractivity contribution in [2.75, 3.05) is 11.9 Å². The maximum Gasteiger partial charge on any atom is 0.269 e. The van der Waals surface area contributed by atoms with Gasteiger partial charge in [-0.25, -0.2) is 0 Å². The molecule has 0 radical (unpaired) electrons. The molecular weight excluding hydrogens is 230 g/mol. The molecule has 1 fully saturated rings. The lowest BCUT2D eigenvalue weighted by Crippen LogP contribution is -2.39. The molecule has 1 aliphatic rings. The zero-order valence-electron chi connectivity index (χ0n) is 10.5. The Bertz CT molecular complexity index is 411. The number of hydrogen-bond acceptors (Lipinski definition) is 5. The smallest absolute Gasteiger partial charge is 0.269 e. The number of nitrogens with zero attached hydrogens (tertiary/aromatic N) is 3. The molecule has 18 heavy (non-hydrogen) atoms. The van der Waals surface area contributed by atoms with Crippen molar-refractivity contribution >= 4 is 11.7 Å². The molecule has 0 aromatic carbocycles.